The Hall–Kier alpha value is -9.31. The van der Waals surface area contributed by atoms with Gasteiger partial charge >= 0.3 is 20.2 Å². The van der Waals surface area contributed by atoms with Crippen LogP contribution in [-0.4, -0.2) is 151 Å². The van der Waals surface area contributed by atoms with Gasteiger partial charge in [0.15, 0.2) is 0 Å². The van der Waals surface area contributed by atoms with Crippen molar-refractivity contribution in [3.63, 3.8) is 0 Å². The number of imidazole rings is 1. The van der Waals surface area contributed by atoms with E-state index in [9.17, 15) is 46.8 Å². The number of nitrogens with one attached hydrogen (secondary N) is 4. The molecular formula is C54H59BBrF4N19O9. The highest BCUT2D eigenvalue weighted by Gasteiger charge is 2.32. The molecule has 34 heteroatoms. The van der Waals surface area contributed by atoms with E-state index in [0.29, 0.717) is 131 Å². The number of halogens is 5. The number of fused-ring (bicyclic) bond motifs is 4. The molecule has 6 N–H and O–H groups in total. The van der Waals surface area contributed by atoms with Crippen molar-refractivity contribution in [2.75, 3.05) is 19.6 Å². The van der Waals surface area contributed by atoms with E-state index in [4.69, 9.17) is 14.2 Å². The minimum atomic E-state index is -2.72. The molecule has 3 fully saturated rings. The number of aromatic nitrogens is 16. The molecule has 0 spiro atoms. The number of amides is 3. The van der Waals surface area contributed by atoms with Crippen molar-refractivity contribution in [2.45, 2.75) is 71.4 Å². The van der Waals surface area contributed by atoms with Crippen molar-refractivity contribution in [1.29, 1.82) is 0 Å². The summed E-state index contributed by atoms with van der Waals surface area (Å²) in [5.74, 6) is 1.28. The molecule has 10 aromatic heterocycles. The Labute approximate surface area is 504 Å². The Morgan fingerprint density at radius 3 is 1.41 bits per heavy atom. The fourth-order valence-electron chi connectivity index (χ4n) is 10.0. The summed E-state index contributed by atoms with van der Waals surface area (Å²) in [5, 5.41) is 50.9. The molecule has 0 aromatic carbocycles. The maximum absolute atomic E-state index is 12.8. The second-order valence-electron chi connectivity index (χ2n) is 21.4. The summed E-state index contributed by atoms with van der Waals surface area (Å²) in [5.41, 5.74) is 4.30. The van der Waals surface area contributed by atoms with Crippen LogP contribution in [0.15, 0.2) is 83.4 Å². The van der Waals surface area contributed by atoms with Gasteiger partial charge in [0.1, 0.15) is 29.2 Å². The minimum absolute atomic E-state index is 0.00287. The summed E-state index contributed by atoms with van der Waals surface area (Å²) in [4.78, 5) is 66.6. The Bertz CT molecular complexity index is 4260. The standard InChI is InChI=1S/C20H21N7O3.C17H18F2N6O2.C13H17BN4O4.C4H3BrF2N2/c1-10(11-4-18(28)21-7-11)30-20-13-9-27(3)25-15(13)6-17(23-20)16-5-14-12(19(29)22-16)8-26(2)24-14;1-9(10-3-15(26)20-5-10)27-16-12-8-24(2)23-14(12)4-13(22-16)11-6-21-25(7-11)17(18)19;1-7(8-3-12(19)15-5-8)22-13-9-6-18(2)17-10(9)4-11(16-13)14(20)21;5-3-1-9(2-8-3)4(6)7/h5-6,8-11H,4,7H2,1-3H3,(H,21,28)(H,22,29);4,6-10,17H,3,5H2,1-2H3,(H,20,26);4,6-8,20-21H,3,5H2,1-2H3,(H,15,19);1-2,4H/t10-,11-;9-,10-;7-,8-;/m111./s1. The van der Waals surface area contributed by atoms with Crippen molar-refractivity contribution >= 4 is 90.0 Å². The minimum Gasteiger partial charge on any atom is -0.474 e. The van der Waals surface area contributed by atoms with Crippen LogP contribution < -0.4 is 41.3 Å². The Morgan fingerprint density at radius 2 is 1.01 bits per heavy atom. The molecule has 3 aliphatic rings. The van der Waals surface area contributed by atoms with Crippen molar-refractivity contribution in [2.24, 2.45) is 45.9 Å². The molecule has 0 unspecified atom stereocenters. The normalized spacial score (nSPS) is 17.5. The van der Waals surface area contributed by atoms with Crippen molar-refractivity contribution < 1.29 is 56.2 Å². The van der Waals surface area contributed by atoms with Crippen molar-refractivity contribution in [1.82, 2.24) is 94.3 Å². The predicted molar refractivity (Wildman–Crippen MR) is 313 cm³/mol. The number of H-pyrrole nitrogens is 1. The first-order valence-corrected chi connectivity index (χ1v) is 28.3. The number of aryl methyl sites for hydroxylation is 4. The lowest BCUT2D eigenvalue weighted by atomic mass is 9.85. The third-order valence-corrected chi connectivity index (χ3v) is 15.2. The van der Waals surface area contributed by atoms with Gasteiger partial charge in [-0.2, -0.15) is 43.1 Å². The molecule has 3 aliphatic heterocycles. The summed E-state index contributed by atoms with van der Waals surface area (Å²) in [7, 11) is 5.45. The van der Waals surface area contributed by atoms with Crippen LogP contribution in [0.1, 0.15) is 53.1 Å². The summed E-state index contributed by atoms with van der Waals surface area (Å²) in [6.07, 6.45) is 12.5. The molecule has 28 nitrogen and oxygen atoms in total. The van der Waals surface area contributed by atoms with E-state index < -0.39 is 20.2 Å². The molecule has 462 valence electrons. The lowest BCUT2D eigenvalue weighted by Gasteiger charge is -2.19. The lowest BCUT2D eigenvalue weighted by Crippen LogP contribution is -2.34. The molecule has 0 saturated carbocycles. The summed E-state index contributed by atoms with van der Waals surface area (Å²) >= 11 is 2.94. The molecule has 13 rings (SSSR count). The molecule has 3 amide bonds. The van der Waals surface area contributed by atoms with Crippen molar-refractivity contribution in [3.8, 4) is 40.3 Å². The zero-order chi connectivity index (χ0) is 62.8. The first-order valence-electron chi connectivity index (χ1n) is 27.5. The zero-order valence-corrected chi connectivity index (χ0v) is 49.8. The number of pyridine rings is 4. The zero-order valence-electron chi connectivity index (χ0n) is 48.2. The maximum atomic E-state index is 12.8. The van der Waals surface area contributed by atoms with Crippen LogP contribution in [0.3, 0.4) is 0 Å². The van der Waals surface area contributed by atoms with Gasteiger partial charge in [0, 0.05) is 128 Å². The summed E-state index contributed by atoms with van der Waals surface area (Å²) in [6, 6.07) is 6.83. The monoisotopic (exact) mass is 1280 g/mol. The summed E-state index contributed by atoms with van der Waals surface area (Å²) < 4.78 is 75.4. The number of hydrogen-bond donors (Lipinski definition) is 6. The number of carbonyl (C=O) groups excluding carboxylic acids is 3. The van der Waals surface area contributed by atoms with Crippen LogP contribution in [0.25, 0.3) is 66.3 Å². The van der Waals surface area contributed by atoms with Crippen LogP contribution >= 0.6 is 15.9 Å². The van der Waals surface area contributed by atoms with E-state index in [1.54, 1.807) is 70.6 Å². The van der Waals surface area contributed by atoms with E-state index in [2.05, 4.69) is 82.3 Å². The maximum Gasteiger partial charge on any atom is 0.508 e. The number of ether oxygens (including phenoxy) is 3. The van der Waals surface area contributed by atoms with E-state index in [0.717, 1.165) is 11.7 Å². The molecule has 0 aliphatic carbocycles. The highest BCUT2D eigenvalue weighted by molar-refractivity contribution is 9.10. The van der Waals surface area contributed by atoms with Gasteiger partial charge in [0.05, 0.1) is 72.5 Å². The highest BCUT2D eigenvalue weighted by atomic mass is 79.9. The van der Waals surface area contributed by atoms with Crippen LogP contribution in [0.5, 0.6) is 17.6 Å². The van der Waals surface area contributed by atoms with Crippen LogP contribution in [0.2, 0.25) is 0 Å². The summed E-state index contributed by atoms with van der Waals surface area (Å²) in [6.45, 7) is 2.18. The molecule has 6 atom stereocenters. The van der Waals surface area contributed by atoms with Crippen LogP contribution in [0, 0.1) is 17.8 Å². The van der Waals surface area contributed by atoms with Crippen LogP contribution in [0.4, 0.5) is 17.6 Å². The van der Waals surface area contributed by atoms with Gasteiger partial charge < -0.3 is 45.2 Å². The molecule has 0 bridgehead atoms. The van der Waals surface area contributed by atoms with Gasteiger partial charge in [0.2, 0.25) is 35.4 Å². The van der Waals surface area contributed by atoms with E-state index in [-0.39, 0.29) is 64.9 Å². The third kappa shape index (κ3) is 14.2. The third-order valence-electron chi connectivity index (χ3n) is 14.7. The molecule has 10 aromatic rings. The highest BCUT2D eigenvalue weighted by Crippen LogP contribution is 2.33. The fourth-order valence-corrected chi connectivity index (χ4v) is 10.3. The number of carbonyl (C=O) groups is 3. The van der Waals surface area contributed by atoms with E-state index in [1.165, 1.54) is 24.7 Å². The molecule has 3 saturated heterocycles. The number of hydrogen-bond acceptors (Lipinski definition) is 18. The average Bonchev–Trinajstić information content (AvgIpc) is 1.76. The van der Waals surface area contributed by atoms with Crippen molar-refractivity contribution in [3.05, 3.63) is 88.9 Å². The van der Waals surface area contributed by atoms with Gasteiger partial charge in [-0.3, -0.25) is 42.5 Å². The molecular weight excluding hydrogens is 1230 g/mol. The Balaban J connectivity index is 0.000000137. The second-order valence-corrected chi connectivity index (χ2v) is 22.2. The topological polar surface area (TPSA) is 334 Å². The fraction of sp³-hybridized carbons (Fsp3) is 0.389. The lowest BCUT2D eigenvalue weighted by molar-refractivity contribution is -0.120. The predicted octanol–water partition coefficient (Wildman–Crippen LogP) is 3.84. The van der Waals surface area contributed by atoms with Gasteiger partial charge in [0.25, 0.3) is 5.56 Å². The molecule has 88 heavy (non-hydrogen) atoms. The first-order chi connectivity index (χ1) is 41.9. The van der Waals surface area contributed by atoms with Crippen LogP contribution in [-0.2, 0) is 42.6 Å². The molecule has 0 radical (unpaired) electrons. The number of nitrogens with zero attached hydrogens (tertiary/aromatic N) is 15. The Kier molecular flexibility index (Phi) is 18.2. The number of aromatic amines is 1. The SMILES string of the molecule is C[C@@H](Oc1nc(-c2cc3nn(C)cc3c(=O)[nH]2)cc2nn(C)cc12)[C@H]1CNC(=O)C1.C[C@@H](Oc1nc(-c2cnn(C(F)F)c2)cc2nn(C)cc12)[C@H]1CNC(=O)C1.C[C@@H](Oc1nc(B(O)O)cc2nn(C)cc12)[C@H]1CNC(=O)C1.FC(F)n1cnc(Br)c1. The average molecular weight is 1280 g/mol. The smallest absolute Gasteiger partial charge is 0.474 e. The van der Waals surface area contributed by atoms with Gasteiger partial charge in [-0.25, -0.2) is 24.6 Å². The van der Waals surface area contributed by atoms with Gasteiger partial charge in [-0.1, -0.05) is 0 Å². The van der Waals surface area contributed by atoms with Gasteiger partial charge in [-0.05, 0) is 61.0 Å². The van der Waals surface area contributed by atoms with E-state index in [1.807, 2.05) is 40.1 Å². The molecule has 13 heterocycles. The number of alkyl halides is 4. The largest absolute Gasteiger partial charge is 0.508 e. The Morgan fingerprint density at radius 1 is 0.580 bits per heavy atom. The number of rotatable bonds is 14. The van der Waals surface area contributed by atoms with Gasteiger partial charge in [-0.15, -0.1) is 0 Å². The quantitative estimate of drug-likeness (QED) is 0.0665. The second kappa shape index (κ2) is 26.0. The first kappa shape index (κ1) is 61.8. The van der Waals surface area contributed by atoms with E-state index >= 15 is 0 Å².